The second kappa shape index (κ2) is 56.3. The maximum absolute atomic E-state index is 10.5. The van der Waals surface area contributed by atoms with Gasteiger partial charge in [0.05, 0.1) is 5.76 Å². The summed E-state index contributed by atoms with van der Waals surface area (Å²) in [6, 6.07) is 12.5. The Morgan fingerprint density at radius 3 is 1.56 bits per heavy atom. The van der Waals surface area contributed by atoms with E-state index in [1.54, 1.807) is 20.3 Å². The van der Waals surface area contributed by atoms with Crippen LogP contribution in [0.2, 0.25) is 0 Å². The molecule has 0 saturated heterocycles. The summed E-state index contributed by atoms with van der Waals surface area (Å²) in [4.78, 5) is 10.5. The number of carbonyl (C=O) groups excluding carboxylic acids is 1. The number of hydrogen-bond acceptors (Lipinski definition) is 2. The summed E-state index contributed by atoms with van der Waals surface area (Å²) in [5.74, 6) is 0.201. The first-order valence-corrected chi connectivity index (χ1v) is 14.1. The van der Waals surface area contributed by atoms with Crippen LogP contribution < -0.4 is 0 Å². The van der Waals surface area contributed by atoms with Crippen LogP contribution in [0.4, 0.5) is 0 Å². The molecule has 0 atom stereocenters. The SMILES string of the molecule is C.C=C(C)OC(=O)C[CH-]C.CC.CC.CC.II.[Y].[c-]1ccccc1. The van der Waals surface area contributed by atoms with Gasteiger partial charge < -0.3 is 11.2 Å². The summed E-state index contributed by atoms with van der Waals surface area (Å²) >= 11 is 4.24. The second-order valence-corrected chi connectivity index (χ2v) is 2.87. The maximum atomic E-state index is 10.5. The molecule has 1 radical (unpaired) electrons. The van der Waals surface area contributed by atoms with Gasteiger partial charge in [0.2, 0.25) is 0 Å². The van der Waals surface area contributed by atoms with Crippen molar-refractivity contribution in [1.29, 1.82) is 0 Å². The van der Waals surface area contributed by atoms with Gasteiger partial charge in [-0.15, -0.1) is 0 Å². The van der Waals surface area contributed by atoms with Gasteiger partial charge in [0, 0.05) is 69.9 Å². The molecule has 0 spiro atoms. The Balaban J connectivity index is -0.0000000356. The van der Waals surface area contributed by atoms with Gasteiger partial charge in [-0.05, 0) is 6.92 Å². The molecule has 0 heterocycles. The number of halogens is 2. The van der Waals surface area contributed by atoms with Gasteiger partial charge >= 0.3 is 0 Å². The van der Waals surface area contributed by atoms with Crippen molar-refractivity contribution in [1.82, 2.24) is 0 Å². The maximum Gasteiger partial charge on any atom is 0.280 e. The van der Waals surface area contributed by atoms with Crippen LogP contribution in [-0.2, 0) is 42.2 Å². The Hall–Kier alpha value is 0.994. The Morgan fingerprint density at radius 1 is 1.04 bits per heavy atom. The summed E-state index contributed by atoms with van der Waals surface area (Å²) in [5, 5.41) is 0. The van der Waals surface area contributed by atoms with E-state index >= 15 is 0 Å². The number of hydrogen-bond donors (Lipinski definition) is 0. The molecule has 0 aliphatic heterocycles. The largest absolute Gasteiger partial charge is 0.434 e. The number of carbonyl (C=O) groups is 1. The minimum absolute atomic E-state index is 0. The molecule has 0 aliphatic carbocycles. The number of benzene rings is 1. The summed E-state index contributed by atoms with van der Waals surface area (Å²) < 4.78 is 4.63. The summed E-state index contributed by atoms with van der Waals surface area (Å²) in [6.45, 7) is 18.9. The summed E-state index contributed by atoms with van der Waals surface area (Å²) in [7, 11) is 0. The summed E-state index contributed by atoms with van der Waals surface area (Å²) in [6.07, 6.45) is 2.10. The number of allylic oxidation sites excluding steroid dienone is 1. The molecular formula is C20H38I2O2Y-2. The van der Waals surface area contributed by atoms with E-state index in [1.165, 1.54) is 0 Å². The van der Waals surface area contributed by atoms with Crippen LogP contribution in [0.5, 0.6) is 0 Å². The van der Waals surface area contributed by atoms with Crippen LogP contribution in [0.1, 0.15) is 69.2 Å². The molecule has 0 aromatic heterocycles. The fourth-order valence-corrected chi connectivity index (χ4v) is 0.745. The molecule has 1 aromatic carbocycles. The van der Waals surface area contributed by atoms with Gasteiger partial charge in [-0.1, -0.05) is 62.0 Å². The fraction of sp³-hybridized carbons (Fsp3) is 0.500. The molecule has 1 rings (SSSR count). The zero-order valence-electron chi connectivity index (χ0n) is 16.5. The Labute approximate surface area is 207 Å². The van der Waals surface area contributed by atoms with Crippen molar-refractivity contribution in [2.24, 2.45) is 0 Å². The van der Waals surface area contributed by atoms with Crippen LogP contribution in [0.15, 0.2) is 42.7 Å². The molecule has 149 valence electrons. The van der Waals surface area contributed by atoms with Crippen LogP contribution in [0.3, 0.4) is 0 Å². The van der Waals surface area contributed by atoms with Gasteiger partial charge in [-0.25, -0.2) is 0 Å². The van der Waals surface area contributed by atoms with Crippen LogP contribution in [0, 0.1) is 12.5 Å². The van der Waals surface area contributed by atoms with Crippen molar-refractivity contribution in [2.45, 2.75) is 69.2 Å². The van der Waals surface area contributed by atoms with Crippen LogP contribution in [0.25, 0.3) is 0 Å². The fourth-order valence-electron chi connectivity index (χ4n) is 0.745. The van der Waals surface area contributed by atoms with E-state index in [4.69, 9.17) is 0 Å². The van der Waals surface area contributed by atoms with Crippen molar-refractivity contribution in [3.05, 3.63) is 55.2 Å². The molecule has 0 amide bonds. The molecule has 0 bridgehead atoms. The molecular weight excluding hydrogens is 615 g/mol. The monoisotopic (exact) mass is 653 g/mol. The van der Waals surface area contributed by atoms with Crippen LogP contribution in [-0.4, -0.2) is 5.97 Å². The molecule has 25 heavy (non-hydrogen) atoms. The van der Waals surface area contributed by atoms with Crippen molar-refractivity contribution in [3.8, 4) is 0 Å². The first-order chi connectivity index (χ1) is 11.2. The Kier molecular flexibility index (Phi) is 101. The first kappa shape index (κ1) is 45.0. The normalized spacial score (nSPS) is 6.00. The van der Waals surface area contributed by atoms with E-state index in [0.29, 0.717) is 12.2 Å². The minimum atomic E-state index is -0.245. The predicted molar refractivity (Wildman–Crippen MR) is 130 cm³/mol. The molecule has 0 saturated carbocycles. The average Bonchev–Trinajstić information content (AvgIpc) is 2.63. The standard InChI is InChI=1S/C7H11O2.C6H5.3C2H6.CH4.I2.Y/c1-4-5-7(8)9-6(2)3;1-2-4-6-5-3-1;3*1-2;;1-2;/h4H,2,5H2,1,3H3;1-5H;3*1-2H3;1H4;;/q2*-1;;;;;;. The van der Waals surface area contributed by atoms with Gasteiger partial charge in [0.15, 0.2) is 0 Å². The van der Waals surface area contributed by atoms with Gasteiger partial charge in [-0.2, -0.15) is 43.3 Å². The van der Waals surface area contributed by atoms with Crippen molar-refractivity contribution in [2.75, 3.05) is 0 Å². The second-order valence-electron chi connectivity index (χ2n) is 2.87. The minimum Gasteiger partial charge on any atom is -0.434 e. The Morgan fingerprint density at radius 2 is 1.40 bits per heavy atom. The molecule has 5 heteroatoms. The van der Waals surface area contributed by atoms with Crippen LogP contribution >= 0.6 is 37.2 Å². The Bertz CT molecular complexity index is 268. The molecule has 0 unspecified atom stereocenters. The van der Waals surface area contributed by atoms with Gasteiger partial charge in [0.1, 0.15) is 0 Å². The zero-order chi connectivity index (χ0) is 19.5. The first-order valence-electron chi connectivity index (χ1n) is 7.86. The molecule has 2 nitrogen and oxygen atoms in total. The number of esters is 1. The topological polar surface area (TPSA) is 26.3 Å². The molecule has 0 fully saturated rings. The molecule has 1 aromatic rings. The van der Waals surface area contributed by atoms with E-state index < -0.39 is 0 Å². The van der Waals surface area contributed by atoms with Crippen molar-refractivity contribution in [3.63, 3.8) is 0 Å². The quantitative estimate of drug-likeness (QED) is 0.141. The van der Waals surface area contributed by atoms with Crippen molar-refractivity contribution < 1.29 is 42.2 Å². The molecule has 0 aliphatic rings. The van der Waals surface area contributed by atoms with E-state index in [9.17, 15) is 4.79 Å². The van der Waals surface area contributed by atoms with Gasteiger partial charge in [-0.3, -0.25) is 4.79 Å². The van der Waals surface area contributed by atoms with Crippen molar-refractivity contribution >= 4 is 43.2 Å². The third-order valence-electron chi connectivity index (χ3n) is 1.27. The summed E-state index contributed by atoms with van der Waals surface area (Å²) in [5.41, 5.74) is 0. The van der Waals surface area contributed by atoms with E-state index in [2.05, 4.69) is 54.6 Å². The number of rotatable bonds is 3. The average molecular weight is 653 g/mol. The van der Waals surface area contributed by atoms with E-state index in [0.717, 1.165) is 0 Å². The third kappa shape index (κ3) is 67.5. The van der Waals surface area contributed by atoms with E-state index in [-0.39, 0.29) is 46.1 Å². The molecule has 0 N–H and O–H groups in total. The van der Waals surface area contributed by atoms with Gasteiger partial charge in [0.25, 0.3) is 5.97 Å². The predicted octanol–water partition coefficient (Wildman–Crippen LogP) is 8.65. The smallest absolute Gasteiger partial charge is 0.280 e. The van der Waals surface area contributed by atoms with E-state index in [1.807, 2.05) is 71.9 Å². The number of ether oxygens (including phenoxy) is 1. The third-order valence-corrected chi connectivity index (χ3v) is 1.27. The zero-order valence-corrected chi connectivity index (χ0v) is 23.7.